The van der Waals surface area contributed by atoms with E-state index in [9.17, 15) is 4.79 Å². The van der Waals surface area contributed by atoms with Gasteiger partial charge in [-0.25, -0.2) is 4.68 Å². The number of nitrogens with zero attached hydrogens (tertiary/aromatic N) is 4. The Labute approximate surface area is 140 Å². The highest BCUT2D eigenvalue weighted by Crippen LogP contribution is 2.40. The summed E-state index contributed by atoms with van der Waals surface area (Å²) < 4.78 is 1.89. The lowest BCUT2D eigenvalue weighted by Gasteiger charge is -2.25. The molecule has 1 aliphatic heterocycles. The Balaban J connectivity index is 2.15. The molecule has 1 aliphatic rings. The Hall–Kier alpha value is -2.95. The number of aromatic nitrogens is 3. The molecule has 5 nitrogen and oxygen atoms in total. The standard InChI is InChI=1S/C19H18N4O/c1-12(2)23-18-13-8-4-5-9-14(13)19(24)22(3)16-11-7-6-10-15(16)17(18)20-21-23/h4-12H,1-3H3. The molecule has 0 bridgehead atoms. The van der Waals surface area contributed by atoms with Crippen molar-refractivity contribution in [3.8, 4) is 22.5 Å². The van der Waals surface area contributed by atoms with Crippen molar-refractivity contribution in [3.05, 3.63) is 54.1 Å². The van der Waals surface area contributed by atoms with E-state index in [-0.39, 0.29) is 11.9 Å². The van der Waals surface area contributed by atoms with E-state index in [1.807, 2.05) is 53.2 Å². The van der Waals surface area contributed by atoms with Crippen LogP contribution in [0.25, 0.3) is 22.5 Å². The van der Waals surface area contributed by atoms with Crippen molar-refractivity contribution in [2.75, 3.05) is 11.9 Å². The van der Waals surface area contributed by atoms with E-state index < -0.39 is 0 Å². The molecule has 0 unspecified atom stereocenters. The first-order valence-electron chi connectivity index (χ1n) is 8.01. The third-order valence-corrected chi connectivity index (χ3v) is 4.42. The highest BCUT2D eigenvalue weighted by molar-refractivity contribution is 6.13. The summed E-state index contributed by atoms with van der Waals surface area (Å²) in [5.74, 6) is -0.0276. The van der Waals surface area contributed by atoms with E-state index in [4.69, 9.17) is 0 Å². The lowest BCUT2D eigenvalue weighted by Crippen LogP contribution is -2.28. The molecule has 5 heteroatoms. The first-order chi connectivity index (χ1) is 11.6. The SMILES string of the molecule is CC(C)n1nnc2c1-c1ccccc1C(=O)N(C)c1ccccc1-2. The Kier molecular flexibility index (Phi) is 3.23. The quantitative estimate of drug-likeness (QED) is 0.686. The maximum Gasteiger partial charge on any atom is 0.258 e. The molecule has 0 N–H and O–H groups in total. The van der Waals surface area contributed by atoms with Crippen LogP contribution in [0.15, 0.2) is 48.5 Å². The number of hydrogen-bond acceptors (Lipinski definition) is 3. The summed E-state index contributed by atoms with van der Waals surface area (Å²) >= 11 is 0. The van der Waals surface area contributed by atoms with E-state index in [0.717, 1.165) is 28.2 Å². The monoisotopic (exact) mass is 318 g/mol. The number of hydrogen-bond donors (Lipinski definition) is 0. The molecule has 0 saturated heterocycles. The summed E-state index contributed by atoms with van der Waals surface area (Å²) in [6.07, 6.45) is 0. The normalized spacial score (nSPS) is 13.2. The first-order valence-corrected chi connectivity index (χ1v) is 8.01. The summed E-state index contributed by atoms with van der Waals surface area (Å²) in [7, 11) is 1.80. The second-order valence-corrected chi connectivity index (χ2v) is 6.25. The minimum Gasteiger partial charge on any atom is -0.311 e. The van der Waals surface area contributed by atoms with Gasteiger partial charge < -0.3 is 4.90 Å². The second kappa shape index (κ2) is 5.30. The Morgan fingerprint density at radius 3 is 2.25 bits per heavy atom. The summed E-state index contributed by atoms with van der Waals surface area (Å²) in [5.41, 5.74) is 5.01. The third-order valence-electron chi connectivity index (χ3n) is 4.42. The predicted molar refractivity (Wildman–Crippen MR) is 94.0 cm³/mol. The fourth-order valence-electron chi connectivity index (χ4n) is 3.22. The second-order valence-electron chi connectivity index (χ2n) is 6.25. The van der Waals surface area contributed by atoms with E-state index in [2.05, 4.69) is 24.2 Å². The average Bonchev–Trinajstić information content (AvgIpc) is 3.04. The van der Waals surface area contributed by atoms with Crippen LogP contribution in [0.5, 0.6) is 0 Å². The maximum atomic E-state index is 13.0. The zero-order chi connectivity index (χ0) is 16.8. The molecule has 0 saturated carbocycles. The highest BCUT2D eigenvalue weighted by atomic mass is 16.2. The number of benzene rings is 2. The molecule has 1 amide bonds. The molecule has 2 heterocycles. The third kappa shape index (κ3) is 1.98. The van der Waals surface area contributed by atoms with Gasteiger partial charge in [-0.05, 0) is 26.0 Å². The van der Waals surface area contributed by atoms with Gasteiger partial charge >= 0.3 is 0 Å². The van der Waals surface area contributed by atoms with Crippen molar-refractivity contribution in [1.82, 2.24) is 15.0 Å². The van der Waals surface area contributed by atoms with Gasteiger partial charge in [-0.1, -0.05) is 41.6 Å². The summed E-state index contributed by atoms with van der Waals surface area (Å²) in [6, 6.07) is 15.6. The molecule has 0 radical (unpaired) electrons. The van der Waals surface area contributed by atoms with Crippen LogP contribution < -0.4 is 4.90 Å². The molecular weight excluding hydrogens is 300 g/mol. The van der Waals surface area contributed by atoms with Crippen LogP contribution in [-0.2, 0) is 0 Å². The van der Waals surface area contributed by atoms with Crippen LogP contribution in [0.2, 0.25) is 0 Å². The molecule has 1 aromatic heterocycles. The van der Waals surface area contributed by atoms with Crippen molar-refractivity contribution in [3.63, 3.8) is 0 Å². The zero-order valence-corrected chi connectivity index (χ0v) is 13.9. The van der Waals surface area contributed by atoms with Crippen LogP contribution in [0.1, 0.15) is 30.2 Å². The van der Waals surface area contributed by atoms with E-state index in [1.54, 1.807) is 11.9 Å². The molecule has 0 atom stereocenters. The topological polar surface area (TPSA) is 51.0 Å². The Morgan fingerprint density at radius 2 is 1.54 bits per heavy atom. The molecule has 3 aromatic rings. The van der Waals surface area contributed by atoms with Crippen LogP contribution in [0, 0.1) is 0 Å². The maximum absolute atomic E-state index is 13.0. The Bertz CT molecular complexity index is 942. The molecule has 120 valence electrons. The molecule has 0 spiro atoms. The zero-order valence-electron chi connectivity index (χ0n) is 13.9. The molecule has 0 aliphatic carbocycles. The van der Waals surface area contributed by atoms with E-state index in [1.165, 1.54) is 0 Å². The molecule has 0 fully saturated rings. The fourth-order valence-corrected chi connectivity index (χ4v) is 3.22. The number of para-hydroxylation sites is 1. The van der Waals surface area contributed by atoms with Crippen molar-refractivity contribution < 1.29 is 4.79 Å². The minimum atomic E-state index is -0.0276. The van der Waals surface area contributed by atoms with Gasteiger partial charge in [0.25, 0.3) is 5.91 Å². The number of carbonyl (C=O) groups is 1. The van der Waals surface area contributed by atoms with Crippen molar-refractivity contribution in [2.45, 2.75) is 19.9 Å². The number of anilines is 1. The van der Waals surface area contributed by atoms with Crippen LogP contribution in [0.4, 0.5) is 5.69 Å². The Morgan fingerprint density at radius 1 is 0.917 bits per heavy atom. The van der Waals surface area contributed by atoms with Gasteiger partial charge in [0.1, 0.15) is 5.69 Å². The van der Waals surface area contributed by atoms with Crippen LogP contribution in [0.3, 0.4) is 0 Å². The molecule has 2 aromatic carbocycles. The summed E-state index contributed by atoms with van der Waals surface area (Å²) in [6.45, 7) is 4.13. The van der Waals surface area contributed by atoms with Gasteiger partial charge in [0, 0.05) is 29.8 Å². The van der Waals surface area contributed by atoms with Gasteiger partial charge in [0.05, 0.1) is 11.4 Å². The van der Waals surface area contributed by atoms with Crippen molar-refractivity contribution in [1.29, 1.82) is 0 Å². The molecule has 24 heavy (non-hydrogen) atoms. The van der Waals surface area contributed by atoms with Gasteiger partial charge in [-0.15, -0.1) is 5.10 Å². The average molecular weight is 318 g/mol. The number of fused-ring (bicyclic) bond motifs is 5. The molecule has 4 rings (SSSR count). The van der Waals surface area contributed by atoms with Crippen molar-refractivity contribution >= 4 is 11.6 Å². The smallest absolute Gasteiger partial charge is 0.258 e. The van der Waals surface area contributed by atoms with Gasteiger partial charge in [-0.3, -0.25) is 4.79 Å². The highest BCUT2D eigenvalue weighted by Gasteiger charge is 2.29. The van der Waals surface area contributed by atoms with Gasteiger partial charge in [0.15, 0.2) is 0 Å². The molecular formula is C19H18N4O. The largest absolute Gasteiger partial charge is 0.311 e. The van der Waals surface area contributed by atoms with E-state index >= 15 is 0 Å². The minimum absolute atomic E-state index is 0.0276. The van der Waals surface area contributed by atoms with Crippen LogP contribution in [-0.4, -0.2) is 27.9 Å². The van der Waals surface area contributed by atoms with Crippen LogP contribution >= 0.6 is 0 Å². The van der Waals surface area contributed by atoms with E-state index in [0.29, 0.717) is 5.56 Å². The van der Waals surface area contributed by atoms with Gasteiger partial charge in [0.2, 0.25) is 0 Å². The summed E-state index contributed by atoms with van der Waals surface area (Å²) in [4.78, 5) is 14.7. The number of amides is 1. The lowest BCUT2D eigenvalue weighted by molar-refractivity contribution is 0.0993. The van der Waals surface area contributed by atoms with Crippen molar-refractivity contribution in [2.24, 2.45) is 0 Å². The first kappa shape index (κ1) is 14.6. The summed E-state index contributed by atoms with van der Waals surface area (Å²) in [5, 5.41) is 8.82. The lowest BCUT2D eigenvalue weighted by atomic mass is 9.95. The number of carbonyl (C=O) groups excluding carboxylic acids is 1. The fraction of sp³-hybridized carbons (Fsp3) is 0.211. The number of rotatable bonds is 1. The predicted octanol–water partition coefficient (Wildman–Crippen LogP) is 3.78. The van der Waals surface area contributed by atoms with Gasteiger partial charge in [-0.2, -0.15) is 0 Å².